The van der Waals surface area contributed by atoms with Crippen molar-refractivity contribution in [2.75, 3.05) is 0 Å². The Morgan fingerprint density at radius 3 is 2.25 bits per heavy atom. The van der Waals surface area contributed by atoms with Crippen molar-refractivity contribution in [2.24, 2.45) is 10.3 Å². The SMILES string of the molecule is C#CCc1ccccc1I=O.NS(N)(=O)=O. The summed E-state index contributed by atoms with van der Waals surface area (Å²) in [5, 5.41) is 8.21. The maximum atomic E-state index is 10.7. The van der Waals surface area contributed by atoms with Gasteiger partial charge in [0.25, 0.3) is 10.2 Å². The summed E-state index contributed by atoms with van der Waals surface area (Å²) in [5.41, 5.74) is 1.03. The van der Waals surface area contributed by atoms with Gasteiger partial charge in [0.05, 0.1) is 3.57 Å². The lowest BCUT2D eigenvalue weighted by Crippen LogP contribution is -2.21. The molecule has 7 heteroatoms. The van der Waals surface area contributed by atoms with E-state index in [-0.39, 0.29) is 0 Å². The normalized spacial score (nSPS) is 9.81. The Balaban J connectivity index is 0.000000385. The molecule has 1 aromatic carbocycles. The summed E-state index contributed by atoms with van der Waals surface area (Å²) in [5.74, 6) is 2.54. The number of terminal acetylenes is 1. The maximum absolute atomic E-state index is 10.7. The van der Waals surface area contributed by atoms with E-state index < -0.39 is 31.4 Å². The number of benzene rings is 1. The molecule has 0 spiro atoms. The van der Waals surface area contributed by atoms with E-state index in [0.717, 1.165) is 9.13 Å². The van der Waals surface area contributed by atoms with Crippen LogP contribution in [0.2, 0.25) is 0 Å². The zero-order valence-corrected chi connectivity index (χ0v) is 11.2. The van der Waals surface area contributed by atoms with E-state index in [0.29, 0.717) is 6.42 Å². The molecular formula is C9H11IN2O3S. The van der Waals surface area contributed by atoms with E-state index in [1.165, 1.54) is 0 Å². The van der Waals surface area contributed by atoms with Crippen LogP contribution in [0.4, 0.5) is 0 Å². The Morgan fingerprint density at radius 1 is 1.31 bits per heavy atom. The van der Waals surface area contributed by atoms with Crippen molar-refractivity contribution in [1.82, 2.24) is 0 Å². The second kappa shape index (κ2) is 7.45. The predicted octanol–water partition coefficient (Wildman–Crippen LogP) is 0.497. The second-order valence-corrected chi connectivity index (χ2v) is 5.42. The van der Waals surface area contributed by atoms with Crippen LogP contribution < -0.4 is 10.3 Å². The predicted molar refractivity (Wildman–Crippen MR) is 69.7 cm³/mol. The minimum Gasteiger partial charge on any atom is -0.265 e. The number of nitrogens with two attached hydrogens (primary N) is 2. The van der Waals surface area contributed by atoms with Gasteiger partial charge in [-0.25, -0.2) is 10.3 Å². The van der Waals surface area contributed by atoms with E-state index in [1.807, 2.05) is 24.3 Å². The monoisotopic (exact) mass is 354 g/mol. The quantitative estimate of drug-likeness (QED) is 0.597. The lowest BCUT2D eigenvalue weighted by molar-refractivity contribution is 0.599. The van der Waals surface area contributed by atoms with Gasteiger partial charge in [0.15, 0.2) is 21.2 Å². The molecule has 0 fully saturated rings. The van der Waals surface area contributed by atoms with Crippen LogP contribution in [-0.4, -0.2) is 8.42 Å². The zero-order chi connectivity index (χ0) is 12.6. The molecule has 0 aromatic heterocycles. The van der Waals surface area contributed by atoms with Crippen molar-refractivity contribution >= 4 is 31.4 Å². The Morgan fingerprint density at radius 2 is 1.81 bits per heavy atom. The highest BCUT2D eigenvalue weighted by atomic mass is 127. The van der Waals surface area contributed by atoms with Crippen LogP contribution in [0.1, 0.15) is 5.56 Å². The molecule has 1 aromatic rings. The molecule has 1 rings (SSSR count). The van der Waals surface area contributed by atoms with Gasteiger partial charge in [-0.05, 0) is 11.6 Å². The van der Waals surface area contributed by atoms with E-state index in [9.17, 15) is 11.5 Å². The fraction of sp³-hybridized carbons (Fsp3) is 0.111. The van der Waals surface area contributed by atoms with Gasteiger partial charge >= 0.3 is 0 Å². The van der Waals surface area contributed by atoms with Gasteiger partial charge in [-0.1, -0.05) is 18.2 Å². The highest BCUT2D eigenvalue weighted by Gasteiger charge is 1.97. The van der Waals surface area contributed by atoms with Crippen molar-refractivity contribution in [3.63, 3.8) is 0 Å². The Labute approximate surface area is 105 Å². The molecule has 0 saturated heterocycles. The largest absolute Gasteiger partial charge is 0.271 e. The van der Waals surface area contributed by atoms with E-state index >= 15 is 0 Å². The lowest BCUT2D eigenvalue weighted by Gasteiger charge is -1.96. The molecule has 0 radical (unpaired) electrons. The van der Waals surface area contributed by atoms with Gasteiger partial charge in [0, 0.05) is 6.42 Å². The molecule has 0 atom stereocenters. The first-order valence-electron chi connectivity index (χ1n) is 3.97. The average molecular weight is 354 g/mol. The van der Waals surface area contributed by atoms with Gasteiger partial charge in [0.2, 0.25) is 0 Å². The van der Waals surface area contributed by atoms with Crippen molar-refractivity contribution in [2.45, 2.75) is 6.42 Å². The summed E-state index contributed by atoms with van der Waals surface area (Å²) >= 11 is -1.07. The van der Waals surface area contributed by atoms with Crippen LogP contribution in [0.5, 0.6) is 0 Å². The van der Waals surface area contributed by atoms with Gasteiger partial charge in [0.1, 0.15) is 0 Å². The first-order valence-corrected chi connectivity index (χ1v) is 7.54. The Bertz CT molecular complexity index is 486. The van der Waals surface area contributed by atoms with E-state index in [2.05, 4.69) is 16.2 Å². The van der Waals surface area contributed by atoms with Crippen molar-refractivity contribution in [1.29, 1.82) is 0 Å². The number of hydrogen-bond acceptors (Lipinski definition) is 3. The third-order valence-electron chi connectivity index (χ3n) is 1.33. The number of rotatable bonds is 2. The van der Waals surface area contributed by atoms with Gasteiger partial charge in [-0.15, -0.1) is 12.3 Å². The summed E-state index contributed by atoms with van der Waals surface area (Å²) < 4.78 is 30.0. The molecule has 4 N–H and O–H groups in total. The lowest BCUT2D eigenvalue weighted by atomic mass is 10.2. The molecule has 0 aliphatic rings. The highest BCUT2D eigenvalue weighted by molar-refractivity contribution is 14.1. The smallest absolute Gasteiger partial charge is 0.265 e. The summed E-state index contributed by atoms with van der Waals surface area (Å²) in [4.78, 5) is 0. The number of hydrogen-bond donors (Lipinski definition) is 2. The fourth-order valence-electron chi connectivity index (χ4n) is 0.827. The standard InChI is InChI=1S/C9H7IO.H4N2O2S/c1-2-5-8-6-3-4-7-9(8)10-11;1-5(2,3)4/h1,3-4,6-7H,5H2;(H4,1,2,3,4). The molecule has 0 amide bonds. The zero-order valence-electron chi connectivity index (χ0n) is 8.26. The summed E-state index contributed by atoms with van der Waals surface area (Å²) in [6, 6.07) is 7.59. The molecular weight excluding hydrogens is 343 g/mol. The summed E-state index contributed by atoms with van der Waals surface area (Å²) in [6.45, 7) is 0. The van der Waals surface area contributed by atoms with Gasteiger partial charge in [-0.2, -0.15) is 8.42 Å². The maximum Gasteiger partial charge on any atom is 0.271 e. The fourth-order valence-corrected chi connectivity index (χ4v) is 1.83. The minimum absolute atomic E-state index is 0.581. The van der Waals surface area contributed by atoms with Crippen LogP contribution in [-0.2, 0) is 19.7 Å². The van der Waals surface area contributed by atoms with E-state index in [4.69, 9.17) is 6.42 Å². The first-order chi connectivity index (χ1) is 7.38. The number of halogens is 1. The molecule has 0 unspecified atom stereocenters. The molecule has 0 bridgehead atoms. The Hall–Kier alpha value is -0.820. The van der Waals surface area contributed by atoms with Gasteiger partial charge in [-0.3, -0.25) is 3.07 Å². The first kappa shape index (κ1) is 15.2. The third kappa shape index (κ3) is 8.49. The van der Waals surface area contributed by atoms with Crippen LogP contribution >= 0.6 is 21.2 Å². The molecule has 0 aliphatic heterocycles. The molecule has 16 heavy (non-hydrogen) atoms. The molecule has 5 nitrogen and oxygen atoms in total. The Kier molecular flexibility index (Phi) is 7.07. The van der Waals surface area contributed by atoms with Crippen molar-refractivity contribution in [3.05, 3.63) is 33.4 Å². The molecule has 0 aliphatic carbocycles. The second-order valence-electron chi connectivity index (χ2n) is 2.64. The van der Waals surface area contributed by atoms with E-state index in [1.54, 1.807) is 0 Å². The highest BCUT2D eigenvalue weighted by Crippen LogP contribution is 2.15. The topological polar surface area (TPSA) is 103 Å². The summed E-state index contributed by atoms with van der Waals surface area (Å²) in [7, 11) is -3.67. The summed E-state index contributed by atoms with van der Waals surface area (Å²) in [6.07, 6.45) is 5.73. The molecule has 0 saturated carbocycles. The van der Waals surface area contributed by atoms with Crippen LogP contribution in [0.3, 0.4) is 0 Å². The minimum atomic E-state index is -3.67. The van der Waals surface area contributed by atoms with Crippen molar-refractivity contribution in [3.8, 4) is 12.3 Å². The van der Waals surface area contributed by atoms with Crippen LogP contribution in [0.25, 0.3) is 0 Å². The van der Waals surface area contributed by atoms with Crippen molar-refractivity contribution < 1.29 is 11.5 Å². The van der Waals surface area contributed by atoms with Gasteiger partial charge < -0.3 is 0 Å². The molecule has 0 heterocycles. The van der Waals surface area contributed by atoms with Crippen LogP contribution in [0.15, 0.2) is 24.3 Å². The van der Waals surface area contributed by atoms with Crippen LogP contribution in [0, 0.1) is 15.9 Å². The third-order valence-corrected chi connectivity index (χ3v) is 2.86. The molecule has 88 valence electrons. The average Bonchev–Trinajstić information content (AvgIpc) is 2.16.